The van der Waals surface area contributed by atoms with Gasteiger partial charge in [-0.05, 0) is 42.0 Å². The topological polar surface area (TPSA) is 44.8 Å². The van der Waals surface area contributed by atoms with Crippen molar-refractivity contribution in [3.63, 3.8) is 0 Å². The normalized spacial score (nSPS) is 10.3. The minimum atomic E-state index is -0.341. The lowest BCUT2D eigenvalue weighted by Gasteiger charge is -2.05. The molecule has 0 unspecified atom stereocenters. The molecule has 0 aliphatic carbocycles. The number of fused-ring (bicyclic) bond motifs is 1. The predicted octanol–water partition coefficient (Wildman–Crippen LogP) is 2.96. The predicted molar refractivity (Wildman–Crippen MR) is 67.5 cm³/mol. The smallest absolute Gasteiger partial charge is 0.337 e. The van der Waals surface area contributed by atoms with Gasteiger partial charge in [0.15, 0.2) is 5.75 Å². The van der Waals surface area contributed by atoms with Gasteiger partial charge >= 0.3 is 5.97 Å². The summed E-state index contributed by atoms with van der Waals surface area (Å²) in [6.45, 7) is 2.34. The summed E-state index contributed by atoms with van der Waals surface area (Å²) in [5.41, 5.74) is 0.531. The monoisotopic (exact) mass is 246 g/mol. The highest BCUT2D eigenvalue weighted by atomic mass is 17.2. The van der Waals surface area contributed by atoms with Crippen molar-refractivity contribution in [2.45, 2.75) is 6.92 Å². The van der Waals surface area contributed by atoms with Crippen molar-refractivity contribution >= 4 is 16.7 Å². The third-order valence-electron chi connectivity index (χ3n) is 2.51. The fourth-order valence-corrected chi connectivity index (χ4v) is 1.65. The van der Waals surface area contributed by atoms with Crippen molar-refractivity contribution in [2.75, 3.05) is 13.7 Å². The quantitative estimate of drug-likeness (QED) is 0.472. The Balaban J connectivity index is 2.33. The molecule has 4 heteroatoms. The highest BCUT2D eigenvalue weighted by Crippen LogP contribution is 2.22. The van der Waals surface area contributed by atoms with Crippen molar-refractivity contribution in [1.82, 2.24) is 0 Å². The number of ether oxygens (including phenoxy) is 1. The number of carbonyl (C=O) groups excluding carboxylic acids is 1. The summed E-state index contributed by atoms with van der Waals surface area (Å²) >= 11 is 0. The van der Waals surface area contributed by atoms with Crippen LogP contribution in [0.3, 0.4) is 0 Å². The van der Waals surface area contributed by atoms with Crippen LogP contribution in [0.5, 0.6) is 5.75 Å². The number of hydrogen-bond acceptors (Lipinski definition) is 4. The van der Waals surface area contributed by atoms with Crippen LogP contribution in [0, 0.1) is 0 Å². The Morgan fingerprint density at radius 3 is 2.56 bits per heavy atom. The summed E-state index contributed by atoms with van der Waals surface area (Å²) in [7, 11) is 1.37. The molecule has 0 aromatic heterocycles. The molecular weight excluding hydrogens is 232 g/mol. The first-order valence-electron chi connectivity index (χ1n) is 5.66. The van der Waals surface area contributed by atoms with Gasteiger partial charge in [-0.25, -0.2) is 4.79 Å². The molecule has 0 aliphatic heterocycles. The van der Waals surface area contributed by atoms with E-state index in [1.807, 2.05) is 25.1 Å². The molecule has 0 heterocycles. The minimum Gasteiger partial charge on any atom is -0.465 e. The second-order valence-corrected chi connectivity index (χ2v) is 3.71. The molecule has 0 saturated carbocycles. The zero-order chi connectivity index (χ0) is 13.0. The number of methoxy groups -OCH3 is 1. The summed E-state index contributed by atoms with van der Waals surface area (Å²) in [5, 5.41) is 1.92. The molecule has 2 aromatic carbocycles. The zero-order valence-corrected chi connectivity index (χ0v) is 10.3. The number of carbonyl (C=O) groups is 1. The van der Waals surface area contributed by atoms with Gasteiger partial charge in [-0.1, -0.05) is 12.1 Å². The summed E-state index contributed by atoms with van der Waals surface area (Å²) < 4.78 is 4.68. The Kier molecular flexibility index (Phi) is 3.79. The van der Waals surface area contributed by atoms with Gasteiger partial charge in [0.1, 0.15) is 0 Å². The summed E-state index contributed by atoms with van der Waals surface area (Å²) in [5.74, 6) is 0.293. The second kappa shape index (κ2) is 5.51. The number of rotatable bonds is 4. The average molecular weight is 246 g/mol. The molecule has 0 N–H and O–H groups in total. The van der Waals surface area contributed by atoms with E-state index in [1.54, 1.807) is 18.2 Å². The van der Waals surface area contributed by atoms with Crippen LogP contribution in [0.4, 0.5) is 0 Å². The van der Waals surface area contributed by atoms with Crippen LogP contribution in [-0.2, 0) is 9.62 Å². The molecule has 94 valence electrons. The van der Waals surface area contributed by atoms with Gasteiger partial charge in [0, 0.05) is 0 Å². The van der Waals surface area contributed by atoms with Crippen LogP contribution in [0.1, 0.15) is 17.3 Å². The summed E-state index contributed by atoms with van der Waals surface area (Å²) in [6, 6.07) is 10.9. The standard InChI is InChI=1S/C14H14O4/c1-3-17-18-13-7-6-10-8-12(14(15)16-2)5-4-11(10)9-13/h4-9H,3H2,1-2H3. The molecule has 0 radical (unpaired) electrons. The van der Waals surface area contributed by atoms with Crippen LogP contribution in [0.15, 0.2) is 36.4 Å². The third-order valence-corrected chi connectivity index (χ3v) is 2.51. The molecule has 2 aromatic rings. The van der Waals surface area contributed by atoms with E-state index in [2.05, 4.69) is 4.74 Å². The minimum absolute atomic E-state index is 0.341. The van der Waals surface area contributed by atoms with Gasteiger partial charge in [-0.2, -0.15) is 4.89 Å². The zero-order valence-electron chi connectivity index (χ0n) is 10.3. The van der Waals surface area contributed by atoms with Crippen molar-refractivity contribution in [2.24, 2.45) is 0 Å². The Bertz CT molecular complexity index is 563. The Labute approximate surface area is 105 Å². The SMILES string of the molecule is CCOOc1ccc2cc(C(=O)OC)ccc2c1. The molecule has 0 aliphatic rings. The molecule has 18 heavy (non-hydrogen) atoms. The lowest BCUT2D eigenvalue weighted by molar-refractivity contribution is -0.202. The maximum Gasteiger partial charge on any atom is 0.337 e. The van der Waals surface area contributed by atoms with Crippen LogP contribution in [0.2, 0.25) is 0 Å². The Morgan fingerprint density at radius 1 is 1.11 bits per heavy atom. The third kappa shape index (κ3) is 2.60. The number of benzene rings is 2. The van der Waals surface area contributed by atoms with E-state index >= 15 is 0 Å². The van der Waals surface area contributed by atoms with Crippen molar-refractivity contribution in [3.8, 4) is 5.75 Å². The largest absolute Gasteiger partial charge is 0.465 e. The lowest BCUT2D eigenvalue weighted by atomic mass is 10.1. The molecule has 4 nitrogen and oxygen atoms in total. The molecule has 2 rings (SSSR count). The molecule has 0 saturated heterocycles. The van der Waals surface area contributed by atoms with Crippen LogP contribution in [-0.4, -0.2) is 19.7 Å². The maximum atomic E-state index is 11.4. The van der Waals surface area contributed by atoms with Crippen molar-refractivity contribution in [1.29, 1.82) is 0 Å². The molecule has 0 amide bonds. The van der Waals surface area contributed by atoms with Gasteiger partial charge in [0.25, 0.3) is 0 Å². The highest BCUT2D eigenvalue weighted by molar-refractivity contribution is 5.95. The number of hydrogen-bond donors (Lipinski definition) is 0. The second-order valence-electron chi connectivity index (χ2n) is 3.71. The lowest BCUT2D eigenvalue weighted by Crippen LogP contribution is -2.00. The molecule has 0 atom stereocenters. The van der Waals surface area contributed by atoms with Gasteiger partial charge in [0.2, 0.25) is 0 Å². The molecule has 0 bridgehead atoms. The number of esters is 1. The van der Waals surface area contributed by atoms with E-state index in [-0.39, 0.29) is 5.97 Å². The van der Waals surface area contributed by atoms with Gasteiger partial charge < -0.3 is 9.62 Å². The Hall–Kier alpha value is -2.07. The highest BCUT2D eigenvalue weighted by Gasteiger charge is 2.06. The van der Waals surface area contributed by atoms with E-state index in [4.69, 9.17) is 9.78 Å². The van der Waals surface area contributed by atoms with Gasteiger partial charge in [-0.3, -0.25) is 0 Å². The summed E-state index contributed by atoms with van der Waals surface area (Å²) in [6.07, 6.45) is 0. The first-order valence-corrected chi connectivity index (χ1v) is 5.66. The van der Waals surface area contributed by atoms with Crippen LogP contribution in [0.25, 0.3) is 10.8 Å². The average Bonchev–Trinajstić information content (AvgIpc) is 2.43. The Morgan fingerprint density at radius 2 is 1.83 bits per heavy atom. The van der Waals surface area contributed by atoms with Crippen molar-refractivity contribution < 1.29 is 19.3 Å². The van der Waals surface area contributed by atoms with E-state index < -0.39 is 0 Å². The first-order chi connectivity index (χ1) is 8.74. The maximum absolute atomic E-state index is 11.4. The van der Waals surface area contributed by atoms with Gasteiger partial charge in [-0.15, -0.1) is 0 Å². The molecule has 0 fully saturated rings. The van der Waals surface area contributed by atoms with E-state index in [9.17, 15) is 4.79 Å². The van der Waals surface area contributed by atoms with Crippen LogP contribution >= 0.6 is 0 Å². The first kappa shape index (κ1) is 12.4. The fraction of sp³-hybridized carbons (Fsp3) is 0.214. The van der Waals surface area contributed by atoms with Gasteiger partial charge in [0.05, 0.1) is 19.3 Å². The van der Waals surface area contributed by atoms with E-state index in [0.29, 0.717) is 17.9 Å². The fourth-order valence-electron chi connectivity index (χ4n) is 1.65. The summed E-state index contributed by atoms with van der Waals surface area (Å²) in [4.78, 5) is 21.3. The molecular formula is C14H14O4. The van der Waals surface area contributed by atoms with E-state index in [1.165, 1.54) is 7.11 Å². The van der Waals surface area contributed by atoms with Crippen molar-refractivity contribution in [3.05, 3.63) is 42.0 Å². The molecule has 0 spiro atoms. The van der Waals surface area contributed by atoms with E-state index in [0.717, 1.165) is 10.8 Å². The van der Waals surface area contributed by atoms with Crippen LogP contribution < -0.4 is 4.89 Å².